The van der Waals surface area contributed by atoms with Crippen LogP contribution in [0.15, 0.2) is 24.3 Å². The van der Waals surface area contributed by atoms with Gasteiger partial charge in [0.1, 0.15) is 0 Å². The lowest BCUT2D eigenvalue weighted by molar-refractivity contribution is 0.0527. The van der Waals surface area contributed by atoms with E-state index in [2.05, 4.69) is 18.7 Å². The minimum Gasteiger partial charge on any atom is -0.336 e. The summed E-state index contributed by atoms with van der Waals surface area (Å²) in [5.74, 6) is 0.150. The lowest BCUT2D eigenvalue weighted by atomic mass is 10.0. The number of amides is 1. The third-order valence-electron chi connectivity index (χ3n) is 4.12. The zero-order valence-corrected chi connectivity index (χ0v) is 12.5. The standard InChI is InChI=1S/C16H25N3O/c1-3-18-10-11-19(12-13(18)2)16(20)15-7-5-4-6-14(15)8-9-17/h4-7,13H,3,8-12,17H2,1-2H3. The lowest BCUT2D eigenvalue weighted by Gasteiger charge is -2.39. The quantitative estimate of drug-likeness (QED) is 0.902. The molecule has 1 saturated heterocycles. The van der Waals surface area contributed by atoms with Crippen LogP contribution in [-0.4, -0.2) is 54.5 Å². The molecule has 1 heterocycles. The van der Waals surface area contributed by atoms with Crippen molar-refractivity contribution in [3.8, 4) is 0 Å². The van der Waals surface area contributed by atoms with Crippen LogP contribution >= 0.6 is 0 Å². The Labute approximate surface area is 121 Å². The van der Waals surface area contributed by atoms with Crippen LogP contribution in [0.3, 0.4) is 0 Å². The first-order valence-corrected chi connectivity index (χ1v) is 7.48. The number of benzene rings is 1. The van der Waals surface area contributed by atoms with E-state index in [-0.39, 0.29) is 5.91 Å². The third kappa shape index (κ3) is 3.19. The van der Waals surface area contributed by atoms with Gasteiger partial charge in [-0.25, -0.2) is 0 Å². The van der Waals surface area contributed by atoms with Crippen LogP contribution in [0.2, 0.25) is 0 Å². The predicted octanol–water partition coefficient (Wildman–Crippen LogP) is 1.35. The van der Waals surface area contributed by atoms with Crippen molar-refractivity contribution in [3.05, 3.63) is 35.4 Å². The average molecular weight is 275 g/mol. The molecule has 1 aliphatic rings. The van der Waals surface area contributed by atoms with Crippen molar-refractivity contribution in [1.29, 1.82) is 0 Å². The summed E-state index contributed by atoms with van der Waals surface area (Å²) in [6.45, 7) is 8.57. The zero-order valence-electron chi connectivity index (χ0n) is 12.5. The number of nitrogens with zero attached hydrogens (tertiary/aromatic N) is 2. The molecule has 0 aliphatic carbocycles. The molecule has 0 saturated carbocycles. The molecule has 2 N–H and O–H groups in total. The Morgan fingerprint density at radius 3 is 2.75 bits per heavy atom. The molecule has 0 spiro atoms. The Balaban J connectivity index is 2.12. The van der Waals surface area contributed by atoms with Crippen LogP contribution in [0.5, 0.6) is 0 Å². The Kier molecular flexibility index (Phi) is 5.15. The van der Waals surface area contributed by atoms with Crippen LogP contribution in [0.1, 0.15) is 29.8 Å². The highest BCUT2D eigenvalue weighted by molar-refractivity contribution is 5.95. The van der Waals surface area contributed by atoms with E-state index < -0.39 is 0 Å². The molecular weight excluding hydrogens is 250 g/mol. The van der Waals surface area contributed by atoms with E-state index in [4.69, 9.17) is 5.73 Å². The van der Waals surface area contributed by atoms with Crippen LogP contribution in [0.25, 0.3) is 0 Å². The summed E-state index contributed by atoms with van der Waals surface area (Å²) in [6.07, 6.45) is 0.756. The first-order valence-electron chi connectivity index (χ1n) is 7.48. The van der Waals surface area contributed by atoms with Gasteiger partial charge in [-0.3, -0.25) is 9.69 Å². The maximum atomic E-state index is 12.7. The number of likely N-dealkylation sites (N-methyl/N-ethyl adjacent to an activating group) is 1. The van der Waals surface area contributed by atoms with Crippen molar-refractivity contribution in [2.45, 2.75) is 26.3 Å². The molecule has 1 amide bonds. The van der Waals surface area contributed by atoms with Crippen molar-refractivity contribution >= 4 is 5.91 Å². The van der Waals surface area contributed by atoms with Crippen LogP contribution in [0, 0.1) is 0 Å². The number of piperazine rings is 1. The van der Waals surface area contributed by atoms with Gasteiger partial charge in [0.25, 0.3) is 5.91 Å². The second kappa shape index (κ2) is 6.86. The molecule has 0 bridgehead atoms. The van der Waals surface area contributed by atoms with Crippen molar-refractivity contribution in [2.24, 2.45) is 5.73 Å². The molecule has 1 fully saturated rings. The summed E-state index contributed by atoms with van der Waals surface area (Å²) in [5, 5.41) is 0. The van der Waals surface area contributed by atoms with Gasteiger partial charge in [0.15, 0.2) is 0 Å². The number of rotatable bonds is 4. The molecule has 1 aliphatic heterocycles. The molecule has 4 heteroatoms. The molecular formula is C16H25N3O. The third-order valence-corrected chi connectivity index (χ3v) is 4.12. The van der Waals surface area contributed by atoms with Crippen LogP contribution in [0.4, 0.5) is 0 Å². The van der Waals surface area contributed by atoms with E-state index in [1.807, 2.05) is 29.2 Å². The molecule has 0 radical (unpaired) electrons. The van der Waals surface area contributed by atoms with Gasteiger partial charge < -0.3 is 10.6 Å². The second-order valence-corrected chi connectivity index (χ2v) is 5.42. The Morgan fingerprint density at radius 1 is 1.35 bits per heavy atom. The highest BCUT2D eigenvalue weighted by atomic mass is 16.2. The van der Waals surface area contributed by atoms with E-state index in [9.17, 15) is 4.79 Å². The van der Waals surface area contributed by atoms with Gasteiger partial charge in [0.05, 0.1) is 0 Å². The molecule has 1 atom stereocenters. The van der Waals surface area contributed by atoms with Crippen molar-refractivity contribution < 1.29 is 4.79 Å². The predicted molar refractivity (Wildman–Crippen MR) is 81.8 cm³/mol. The minimum absolute atomic E-state index is 0.150. The average Bonchev–Trinajstić information content (AvgIpc) is 2.47. The van der Waals surface area contributed by atoms with Gasteiger partial charge in [-0.05, 0) is 38.1 Å². The number of carbonyl (C=O) groups is 1. The fourth-order valence-electron chi connectivity index (χ4n) is 2.92. The second-order valence-electron chi connectivity index (χ2n) is 5.42. The van der Waals surface area contributed by atoms with E-state index >= 15 is 0 Å². The van der Waals surface area contributed by atoms with Crippen molar-refractivity contribution in [3.63, 3.8) is 0 Å². The topological polar surface area (TPSA) is 49.6 Å². The maximum absolute atomic E-state index is 12.7. The SMILES string of the molecule is CCN1CCN(C(=O)c2ccccc2CCN)CC1C. The molecule has 110 valence electrons. The van der Waals surface area contributed by atoms with Crippen LogP contribution in [-0.2, 0) is 6.42 Å². The summed E-state index contributed by atoms with van der Waals surface area (Å²) in [7, 11) is 0. The molecule has 0 aromatic heterocycles. The molecule has 1 unspecified atom stereocenters. The molecule has 2 rings (SSSR count). The van der Waals surface area contributed by atoms with E-state index in [1.165, 1.54) is 0 Å². The summed E-state index contributed by atoms with van der Waals surface area (Å²) >= 11 is 0. The lowest BCUT2D eigenvalue weighted by Crippen LogP contribution is -2.53. The largest absolute Gasteiger partial charge is 0.336 e. The summed E-state index contributed by atoms with van der Waals surface area (Å²) in [6, 6.07) is 8.26. The Bertz CT molecular complexity index is 461. The van der Waals surface area contributed by atoms with Crippen LogP contribution < -0.4 is 5.73 Å². The smallest absolute Gasteiger partial charge is 0.254 e. The van der Waals surface area contributed by atoms with Gasteiger partial charge in [0, 0.05) is 31.2 Å². The van der Waals surface area contributed by atoms with E-state index in [1.54, 1.807) is 0 Å². The molecule has 1 aromatic carbocycles. The fraction of sp³-hybridized carbons (Fsp3) is 0.562. The van der Waals surface area contributed by atoms with E-state index in [0.29, 0.717) is 12.6 Å². The van der Waals surface area contributed by atoms with Gasteiger partial charge in [-0.2, -0.15) is 0 Å². The highest BCUT2D eigenvalue weighted by Crippen LogP contribution is 2.16. The highest BCUT2D eigenvalue weighted by Gasteiger charge is 2.27. The molecule has 4 nitrogen and oxygen atoms in total. The minimum atomic E-state index is 0.150. The molecule has 1 aromatic rings. The van der Waals surface area contributed by atoms with E-state index in [0.717, 1.165) is 43.7 Å². The maximum Gasteiger partial charge on any atom is 0.254 e. The fourth-order valence-corrected chi connectivity index (χ4v) is 2.92. The number of nitrogens with two attached hydrogens (primary N) is 1. The first-order chi connectivity index (χ1) is 9.67. The monoisotopic (exact) mass is 275 g/mol. The Morgan fingerprint density at radius 2 is 2.10 bits per heavy atom. The number of hydrogen-bond donors (Lipinski definition) is 1. The van der Waals surface area contributed by atoms with Gasteiger partial charge in [-0.15, -0.1) is 0 Å². The number of hydrogen-bond acceptors (Lipinski definition) is 3. The van der Waals surface area contributed by atoms with Gasteiger partial charge in [0.2, 0.25) is 0 Å². The first kappa shape index (κ1) is 15.0. The summed E-state index contributed by atoms with van der Waals surface area (Å²) in [4.78, 5) is 17.1. The van der Waals surface area contributed by atoms with Crippen molar-refractivity contribution in [1.82, 2.24) is 9.80 Å². The van der Waals surface area contributed by atoms with Crippen molar-refractivity contribution in [2.75, 3.05) is 32.7 Å². The zero-order chi connectivity index (χ0) is 14.5. The Hall–Kier alpha value is -1.39. The van der Waals surface area contributed by atoms with Gasteiger partial charge in [-0.1, -0.05) is 25.1 Å². The normalized spacial score (nSPS) is 20.1. The van der Waals surface area contributed by atoms with Gasteiger partial charge >= 0.3 is 0 Å². The number of carbonyl (C=O) groups excluding carboxylic acids is 1. The summed E-state index contributed by atoms with van der Waals surface area (Å²) < 4.78 is 0. The molecule has 20 heavy (non-hydrogen) atoms. The summed E-state index contributed by atoms with van der Waals surface area (Å²) in [5.41, 5.74) is 7.51.